The van der Waals surface area contributed by atoms with Crippen molar-refractivity contribution >= 4 is 16.9 Å². The van der Waals surface area contributed by atoms with Gasteiger partial charge in [0.15, 0.2) is 0 Å². The van der Waals surface area contributed by atoms with Crippen molar-refractivity contribution in [3.05, 3.63) is 42.5 Å². The van der Waals surface area contributed by atoms with Crippen LogP contribution < -0.4 is 0 Å². The summed E-state index contributed by atoms with van der Waals surface area (Å²) in [5.41, 5.74) is 3.01. The van der Waals surface area contributed by atoms with Crippen molar-refractivity contribution in [1.29, 1.82) is 0 Å². The monoisotopic (exact) mass is 269 g/mol. The summed E-state index contributed by atoms with van der Waals surface area (Å²) >= 11 is 0. The van der Waals surface area contributed by atoms with Gasteiger partial charge in [-0.3, -0.25) is 4.79 Å². The van der Waals surface area contributed by atoms with Gasteiger partial charge in [0.25, 0.3) is 0 Å². The number of imidazole rings is 1. The third-order valence-electron chi connectivity index (χ3n) is 3.42. The average molecular weight is 269 g/mol. The number of nitrogens with one attached hydrogen (secondary N) is 2. The Bertz CT molecular complexity index is 757. The Hall–Kier alpha value is -2.56. The maximum atomic E-state index is 10.7. The van der Waals surface area contributed by atoms with E-state index in [1.165, 1.54) is 0 Å². The van der Waals surface area contributed by atoms with E-state index in [0.29, 0.717) is 5.82 Å². The van der Waals surface area contributed by atoms with Crippen molar-refractivity contribution in [2.45, 2.75) is 19.3 Å². The van der Waals surface area contributed by atoms with Gasteiger partial charge in [0, 0.05) is 28.6 Å². The number of hydrogen-bond donors (Lipinski definition) is 3. The van der Waals surface area contributed by atoms with Gasteiger partial charge in [0.05, 0.1) is 18.3 Å². The number of fused-ring (bicyclic) bond motifs is 1. The van der Waals surface area contributed by atoms with E-state index in [0.717, 1.165) is 22.2 Å². The molecule has 0 aliphatic heterocycles. The van der Waals surface area contributed by atoms with Crippen LogP contribution in [-0.4, -0.2) is 26.0 Å². The second kappa shape index (κ2) is 4.85. The Balaban J connectivity index is 1.95. The predicted octanol–water partition coefficient (Wildman–Crippen LogP) is 3.14. The van der Waals surface area contributed by atoms with Crippen LogP contribution in [0, 0.1) is 0 Å². The third kappa shape index (κ3) is 2.18. The van der Waals surface area contributed by atoms with Gasteiger partial charge in [0.2, 0.25) is 0 Å². The number of H-pyrrole nitrogens is 2. The molecule has 0 radical (unpaired) electrons. The molecule has 0 spiro atoms. The van der Waals surface area contributed by atoms with Crippen LogP contribution in [0.2, 0.25) is 0 Å². The number of rotatable bonds is 4. The lowest BCUT2D eigenvalue weighted by atomic mass is 10.1. The molecule has 2 heterocycles. The molecule has 102 valence electrons. The zero-order chi connectivity index (χ0) is 14.1. The molecule has 1 aromatic carbocycles. The molecule has 3 aromatic rings. The molecule has 0 saturated heterocycles. The van der Waals surface area contributed by atoms with E-state index in [9.17, 15) is 4.79 Å². The first-order valence-electron chi connectivity index (χ1n) is 6.48. The minimum Gasteiger partial charge on any atom is -0.481 e. The van der Waals surface area contributed by atoms with Crippen molar-refractivity contribution in [3.63, 3.8) is 0 Å². The minimum atomic E-state index is -0.817. The highest BCUT2D eigenvalue weighted by molar-refractivity contribution is 5.94. The first-order valence-corrected chi connectivity index (χ1v) is 6.48. The Morgan fingerprint density at radius 1 is 1.40 bits per heavy atom. The third-order valence-corrected chi connectivity index (χ3v) is 3.42. The Morgan fingerprint density at radius 2 is 2.20 bits per heavy atom. The highest BCUT2D eigenvalue weighted by atomic mass is 16.4. The van der Waals surface area contributed by atoms with Gasteiger partial charge in [-0.25, -0.2) is 4.98 Å². The van der Waals surface area contributed by atoms with E-state index in [1.54, 1.807) is 6.20 Å². The predicted molar refractivity (Wildman–Crippen MR) is 76.5 cm³/mol. The second-order valence-electron chi connectivity index (χ2n) is 4.93. The fraction of sp³-hybridized carbons (Fsp3) is 0.200. The van der Waals surface area contributed by atoms with Crippen LogP contribution in [0.3, 0.4) is 0 Å². The molecule has 3 N–H and O–H groups in total. The summed E-state index contributed by atoms with van der Waals surface area (Å²) in [4.78, 5) is 21.5. The van der Waals surface area contributed by atoms with Gasteiger partial charge in [-0.05, 0) is 6.07 Å². The summed E-state index contributed by atoms with van der Waals surface area (Å²) in [5, 5.41) is 9.95. The molecular formula is C15H15N3O2. The minimum absolute atomic E-state index is 0.0703. The molecule has 1 atom stereocenters. The highest BCUT2D eigenvalue weighted by Gasteiger charge is 2.15. The van der Waals surface area contributed by atoms with E-state index in [2.05, 4.69) is 15.0 Å². The molecule has 0 fully saturated rings. The lowest BCUT2D eigenvalue weighted by Gasteiger charge is -2.03. The van der Waals surface area contributed by atoms with Crippen molar-refractivity contribution in [1.82, 2.24) is 15.0 Å². The summed E-state index contributed by atoms with van der Waals surface area (Å²) in [6, 6.07) is 8.03. The van der Waals surface area contributed by atoms with Crippen LogP contribution in [0.15, 0.2) is 36.7 Å². The molecule has 0 bridgehead atoms. The van der Waals surface area contributed by atoms with E-state index < -0.39 is 5.97 Å². The van der Waals surface area contributed by atoms with Crippen molar-refractivity contribution < 1.29 is 9.90 Å². The molecule has 0 aliphatic rings. The number of aromatic nitrogens is 3. The average Bonchev–Trinajstić information content (AvgIpc) is 3.04. The lowest BCUT2D eigenvalue weighted by Crippen LogP contribution is -2.04. The largest absolute Gasteiger partial charge is 0.481 e. The second-order valence-corrected chi connectivity index (χ2v) is 4.93. The first kappa shape index (κ1) is 12.5. The van der Waals surface area contributed by atoms with Gasteiger partial charge in [-0.2, -0.15) is 0 Å². The number of nitrogens with zero attached hydrogens (tertiary/aromatic N) is 1. The zero-order valence-corrected chi connectivity index (χ0v) is 11.1. The van der Waals surface area contributed by atoms with Crippen LogP contribution in [0.5, 0.6) is 0 Å². The number of hydrogen-bond acceptors (Lipinski definition) is 2. The molecular weight excluding hydrogens is 254 g/mol. The normalized spacial score (nSPS) is 12.7. The van der Waals surface area contributed by atoms with E-state index in [4.69, 9.17) is 5.11 Å². The van der Waals surface area contributed by atoms with Crippen LogP contribution in [-0.2, 0) is 4.79 Å². The van der Waals surface area contributed by atoms with E-state index in [-0.39, 0.29) is 12.3 Å². The van der Waals surface area contributed by atoms with Gasteiger partial charge in [0.1, 0.15) is 5.82 Å². The van der Waals surface area contributed by atoms with Gasteiger partial charge in [-0.15, -0.1) is 0 Å². The maximum absolute atomic E-state index is 10.7. The van der Waals surface area contributed by atoms with Gasteiger partial charge in [-0.1, -0.05) is 25.1 Å². The van der Waals surface area contributed by atoms with Crippen LogP contribution in [0.25, 0.3) is 22.2 Å². The molecule has 20 heavy (non-hydrogen) atoms. The molecule has 5 heteroatoms. The fourth-order valence-corrected chi connectivity index (χ4v) is 2.38. The van der Waals surface area contributed by atoms with Crippen molar-refractivity contribution in [2.24, 2.45) is 0 Å². The molecule has 2 aromatic heterocycles. The number of carboxylic acids is 1. The smallest absolute Gasteiger partial charge is 0.304 e. The fourth-order valence-electron chi connectivity index (χ4n) is 2.38. The van der Waals surface area contributed by atoms with Crippen LogP contribution in [0.1, 0.15) is 25.1 Å². The Labute approximate surface area is 115 Å². The molecule has 0 amide bonds. The summed E-state index contributed by atoms with van der Waals surface area (Å²) in [6.45, 7) is 1.85. The molecule has 0 saturated carbocycles. The van der Waals surface area contributed by atoms with E-state index in [1.807, 2.05) is 37.4 Å². The molecule has 5 nitrogen and oxygen atoms in total. The maximum Gasteiger partial charge on any atom is 0.304 e. The van der Waals surface area contributed by atoms with Crippen LogP contribution in [0.4, 0.5) is 0 Å². The lowest BCUT2D eigenvalue weighted by molar-refractivity contribution is -0.137. The summed E-state index contributed by atoms with van der Waals surface area (Å²) in [7, 11) is 0. The van der Waals surface area contributed by atoms with Gasteiger partial charge < -0.3 is 15.1 Å². The van der Waals surface area contributed by atoms with E-state index >= 15 is 0 Å². The Kier molecular flexibility index (Phi) is 3.02. The number of carboxylic acid groups (broad SMARTS) is 1. The van der Waals surface area contributed by atoms with Gasteiger partial charge >= 0.3 is 5.97 Å². The number of aliphatic carboxylic acids is 1. The highest BCUT2D eigenvalue weighted by Crippen LogP contribution is 2.28. The standard InChI is InChI=1S/C15H15N3O2/c1-9(6-14(19)20)15-17-8-13(18-15)11-7-16-12-5-3-2-4-10(11)12/h2-5,7-9,16H,6H2,1H3,(H,17,18)(H,19,20). The number of carbonyl (C=O) groups is 1. The SMILES string of the molecule is CC(CC(=O)O)c1ncc(-c2c[nH]c3ccccc23)[nH]1. The molecule has 3 rings (SSSR count). The number of para-hydroxylation sites is 1. The van der Waals surface area contributed by atoms with Crippen LogP contribution >= 0.6 is 0 Å². The quantitative estimate of drug-likeness (QED) is 0.680. The number of aromatic amines is 2. The first-order chi connectivity index (χ1) is 9.65. The summed E-state index contributed by atoms with van der Waals surface area (Å²) < 4.78 is 0. The van der Waals surface area contributed by atoms with Crippen molar-refractivity contribution in [2.75, 3.05) is 0 Å². The molecule has 0 aliphatic carbocycles. The Morgan fingerprint density at radius 3 is 3.00 bits per heavy atom. The zero-order valence-electron chi connectivity index (χ0n) is 11.1. The number of benzene rings is 1. The topological polar surface area (TPSA) is 81.8 Å². The summed E-state index contributed by atoms with van der Waals surface area (Å²) in [5.74, 6) is -0.248. The van der Waals surface area contributed by atoms with Crippen molar-refractivity contribution in [3.8, 4) is 11.3 Å². The summed E-state index contributed by atoms with van der Waals surface area (Å²) in [6.07, 6.45) is 3.76. The molecule has 1 unspecified atom stereocenters.